The Bertz CT molecular complexity index is 925. The number of hydrogen-bond acceptors (Lipinski definition) is 5. The highest BCUT2D eigenvalue weighted by molar-refractivity contribution is 7.99. The summed E-state index contributed by atoms with van der Waals surface area (Å²) in [6, 6.07) is 4.04. The lowest BCUT2D eigenvalue weighted by molar-refractivity contribution is -0.145. The lowest BCUT2D eigenvalue weighted by Crippen LogP contribution is -2.45. The number of rotatable bonds is 6. The maximum Gasteiger partial charge on any atom is 0.312 e. The van der Waals surface area contributed by atoms with Crippen molar-refractivity contribution >= 4 is 29.2 Å². The van der Waals surface area contributed by atoms with Crippen LogP contribution in [0.3, 0.4) is 0 Å². The lowest BCUT2D eigenvalue weighted by atomic mass is 10.0. The first-order valence-corrected chi connectivity index (χ1v) is 10.2. The Labute approximate surface area is 161 Å². The quantitative estimate of drug-likeness (QED) is 0.652. The zero-order valence-corrected chi connectivity index (χ0v) is 16.5. The van der Waals surface area contributed by atoms with Crippen molar-refractivity contribution in [2.24, 2.45) is 17.3 Å². The Balaban J connectivity index is 1.60. The van der Waals surface area contributed by atoms with E-state index in [0.717, 1.165) is 22.0 Å². The van der Waals surface area contributed by atoms with Gasteiger partial charge in [-0.05, 0) is 38.3 Å². The number of aromatic nitrogens is 2. The number of carbonyl (C=O) groups excluding carboxylic acids is 1. The molecule has 4 rings (SSSR count). The van der Waals surface area contributed by atoms with Gasteiger partial charge in [-0.2, -0.15) is 0 Å². The Morgan fingerprint density at radius 2 is 2.30 bits per heavy atom. The molecule has 1 saturated carbocycles. The number of nitrogens with one attached hydrogen (secondary N) is 2. The molecule has 2 aromatic rings. The molecule has 1 amide bonds. The van der Waals surface area contributed by atoms with Gasteiger partial charge in [0.1, 0.15) is 5.82 Å². The molecule has 3 atom stereocenters. The second kappa shape index (κ2) is 6.24. The van der Waals surface area contributed by atoms with Gasteiger partial charge in [0.2, 0.25) is 5.91 Å². The minimum absolute atomic E-state index is 0.129. The SMILES string of the molecule is CCSc1cccn2c(C(C)(C)NC(=O)[C@@H]3[C@@H]4CNC[C@]34C(=O)O)ncc12. The molecule has 144 valence electrons. The number of carboxylic acid groups (broad SMARTS) is 1. The minimum atomic E-state index is -0.945. The van der Waals surface area contributed by atoms with Gasteiger partial charge >= 0.3 is 5.97 Å². The molecule has 0 unspecified atom stereocenters. The summed E-state index contributed by atoms with van der Waals surface area (Å²) in [6.45, 7) is 6.85. The number of fused-ring (bicyclic) bond motifs is 2. The molecule has 3 heterocycles. The van der Waals surface area contributed by atoms with E-state index in [1.807, 2.05) is 36.7 Å². The molecule has 27 heavy (non-hydrogen) atoms. The Morgan fingerprint density at radius 3 is 2.96 bits per heavy atom. The van der Waals surface area contributed by atoms with Crippen LogP contribution in [0.5, 0.6) is 0 Å². The van der Waals surface area contributed by atoms with Gasteiger partial charge in [0.05, 0.1) is 28.6 Å². The van der Waals surface area contributed by atoms with Crippen molar-refractivity contribution in [3.8, 4) is 0 Å². The van der Waals surface area contributed by atoms with Gasteiger partial charge in [0, 0.05) is 23.6 Å². The van der Waals surface area contributed by atoms with E-state index in [0.29, 0.717) is 13.1 Å². The van der Waals surface area contributed by atoms with Gasteiger partial charge in [0.15, 0.2) is 0 Å². The third-order valence-corrected chi connectivity index (χ3v) is 6.74. The van der Waals surface area contributed by atoms with E-state index in [2.05, 4.69) is 28.6 Å². The van der Waals surface area contributed by atoms with Crippen molar-refractivity contribution in [3.63, 3.8) is 0 Å². The number of thioether (sulfide) groups is 1. The maximum absolute atomic E-state index is 12.9. The normalized spacial score (nSPS) is 26.8. The van der Waals surface area contributed by atoms with Crippen LogP contribution in [0, 0.1) is 17.3 Å². The monoisotopic (exact) mass is 388 g/mol. The van der Waals surface area contributed by atoms with Gasteiger partial charge in [-0.3, -0.25) is 9.59 Å². The van der Waals surface area contributed by atoms with E-state index < -0.39 is 22.8 Å². The molecule has 7 nitrogen and oxygen atoms in total. The number of amides is 1. The standard InChI is InChI=1S/C19H24N4O3S/c1-4-27-13-6-5-7-23-12(13)9-21-16(23)18(2,3)22-15(24)14-11-8-20-10-19(11,14)17(25)26/h5-7,9,11,14,20H,4,8,10H2,1-3H3,(H,22,24)(H,25,26)/t11-,14-,19+/m0/s1. The predicted octanol–water partition coefficient (Wildman–Crippen LogP) is 1.72. The molecule has 2 aliphatic rings. The van der Waals surface area contributed by atoms with Gasteiger partial charge in [-0.25, -0.2) is 4.98 Å². The summed E-state index contributed by atoms with van der Waals surface area (Å²) in [5, 5.41) is 15.7. The van der Waals surface area contributed by atoms with Crippen LogP contribution in [-0.2, 0) is 15.1 Å². The van der Waals surface area contributed by atoms with E-state index in [9.17, 15) is 14.7 Å². The van der Waals surface area contributed by atoms with E-state index in [-0.39, 0.29) is 11.8 Å². The van der Waals surface area contributed by atoms with E-state index in [1.165, 1.54) is 0 Å². The molecular weight excluding hydrogens is 364 g/mol. The van der Waals surface area contributed by atoms with Crippen LogP contribution >= 0.6 is 11.8 Å². The lowest BCUT2D eigenvalue weighted by Gasteiger charge is -2.26. The van der Waals surface area contributed by atoms with Crippen molar-refractivity contribution < 1.29 is 14.7 Å². The number of pyridine rings is 1. The number of imidazole rings is 1. The highest BCUT2D eigenvalue weighted by atomic mass is 32.2. The van der Waals surface area contributed by atoms with Crippen molar-refractivity contribution in [1.82, 2.24) is 20.0 Å². The summed E-state index contributed by atoms with van der Waals surface area (Å²) in [6.07, 6.45) is 3.77. The van der Waals surface area contributed by atoms with E-state index >= 15 is 0 Å². The fourth-order valence-electron chi connectivity index (χ4n) is 4.46. The fourth-order valence-corrected chi connectivity index (χ4v) is 5.24. The summed E-state index contributed by atoms with van der Waals surface area (Å²) in [5.41, 5.74) is -0.654. The Morgan fingerprint density at radius 1 is 1.52 bits per heavy atom. The number of carbonyl (C=O) groups is 2. The maximum atomic E-state index is 12.9. The van der Waals surface area contributed by atoms with Crippen LogP contribution in [0.2, 0.25) is 0 Å². The van der Waals surface area contributed by atoms with E-state index in [4.69, 9.17) is 0 Å². The van der Waals surface area contributed by atoms with Crippen LogP contribution in [-0.4, -0.2) is 45.2 Å². The van der Waals surface area contributed by atoms with Crippen LogP contribution in [0.15, 0.2) is 29.4 Å². The van der Waals surface area contributed by atoms with Crippen LogP contribution in [0.1, 0.15) is 26.6 Å². The smallest absolute Gasteiger partial charge is 0.312 e. The van der Waals surface area contributed by atoms with Crippen molar-refractivity contribution in [2.75, 3.05) is 18.8 Å². The first-order chi connectivity index (χ1) is 12.8. The number of carboxylic acids is 1. The highest BCUT2D eigenvalue weighted by Crippen LogP contribution is 2.61. The van der Waals surface area contributed by atoms with Crippen molar-refractivity contribution in [1.29, 1.82) is 0 Å². The summed E-state index contributed by atoms with van der Waals surface area (Å²) < 4.78 is 2.00. The molecule has 1 aliphatic heterocycles. The van der Waals surface area contributed by atoms with Gasteiger partial charge in [-0.1, -0.05) is 6.92 Å². The second-order valence-electron chi connectivity index (χ2n) is 7.82. The largest absolute Gasteiger partial charge is 0.481 e. The zero-order valence-electron chi connectivity index (χ0n) is 15.7. The fraction of sp³-hybridized carbons (Fsp3) is 0.526. The third-order valence-electron chi connectivity index (χ3n) is 5.80. The van der Waals surface area contributed by atoms with Gasteiger partial charge in [0.25, 0.3) is 0 Å². The zero-order chi connectivity index (χ0) is 19.4. The Hall–Kier alpha value is -2.06. The number of hydrogen-bond donors (Lipinski definition) is 3. The molecule has 1 aliphatic carbocycles. The number of piperidine rings is 1. The first-order valence-electron chi connectivity index (χ1n) is 9.18. The summed E-state index contributed by atoms with van der Waals surface area (Å²) in [4.78, 5) is 30.3. The van der Waals surface area contributed by atoms with E-state index in [1.54, 1.807) is 11.8 Å². The molecular formula is C19H24N4O3S. The summed E-state index contributed by atoms with van der Waals surface area (Å²) in [5.74, 6) is 0.00282. The first kappa shape index (κ1) is 18.3. The van der Waals surface area contributed by atoms with Gasteiger partial charge < -0.3 is 20.1 Å². The average molecular weight is 388 g/mol. The molecule has 0 spiro atoms. The second-order valence-corrected chi connectivity index (χ2v) is 9.12. The number of aliphatic carboxylic acids is 1. The molecule has 3 N–H and O–H groups in total. The molecule has 1 saturated heterocycles. The van der Waals surface area contributed by atoms with Gasteiger partial charge in [-0.15, -0.1) is 11.8 Å². The van der Waals surface area contributed by atoms with Crippen molar-refractivity contribution in [2.45, 2.75) is 31.2 Å². The van der Waals surface area contributed by atoms with Crippen molar-refractivity contribution in [3.05, 3.63) is 30.4 Å². The predicted molar refractivity (Wildman–Crippen MR) is 103 cm³/mol. The van der Waals surface area contributed by atoms with Crippen LogP contribution < -0.4 is 10.6 Å². The molecule has 0 aromatic carbocycles. The molecule has 2 fully saturated rings. The average Bonchev–Trinajstić information content (AvgIpc) is 2.94. The minimum Gasteiger partial charge on any atom is -0.481 e. The molecule has 0 bridgehead atoms. The molecule has 8 heteroatoms. The summed E-state index contributed by atoms with van der Waals surface area (Å²) in [7, 11) is 0. The van der Waals surface area contributed by atoms with Crippen LogP contribution in [0.4, 0.5) is 0 Å². The summed E-state index contributed by atoms with van der Waals surface area (Å²) >= 11 is 1.75. The molecule has 0 radical (unpaired) electrons. The topological polar surface area (TPSA) is 95.7 Å². The highest BCUT2D eigenvalue weighted by Gasteiger charge is 2.75. The molecule has 2 aromatic heterocycles. The van der Waals surface area contributed by atoms with Crippen LogP contribution in [0.25, 0.3) is 5.52 Å². The number of nitrogens with zero attached hydrogens (tertiary/aromatic N) is 2. The third kappa shape index (κ3) is 2.65. The Kier molecular flexibility index (Phi) is 4.23.